The van der Waals surface area contributed by atoms with E-state index in [9.17, 15) is 24.3 Å². The van der Waals surface area contributed by atoms with Crippen molar-refractivity contribution in [3.8, 4) is 0 Å². The van der Waals surface area contributed by atoms with Gasteiger partial charge in [-0.1, -0.05) is 68.0 Å². The number of esters is 1. The Labute approximate surface area is 258 Å². The van der Waals surface area contributed by atoms with Gasteiger partial charge in [-0.2, -0.15) is 0 Å². The Balaban J connectivity index is 1.57. The van der Waals surface area contributed by atoms with E-state index >= 15 is 0 Å². The summed E-state index contributed by atoms with van der Waals surface area (Å²) in [5, 5.41) is 12.6. The lowest BCUT2D eigenvalue weighted by molar-refractivity contribution is -0.162. The molecule has 1 spiro atoms. The van der Waals surface area contributed by atoms with Gasteiger partial charge in [0.05, 0.1) is 24.7 Å². The number of fused-ring (bicyclic) bond motifs is 2. The third-order valence-corrected chi connectivity index (χ3v) is 8.99. The van der Waals surface area contributed by atoms with Gasteiger partial charge in [0.25, 0.3) is 0 Å². The number of benzene rings is 1. The van der Waals surface area contributed by atoms with Crippen LogP contribution in [0.1, 0.15) is 50.7 Å². The summed E-state index contributed by atoms with van der Waals surface area (Å²) in [7, 11) is 1.51. The van der Waals surface area contributed by atoms with Gasteiger partial charge in [-0.15, -0.1) is 0 Å². The number of nitrogens with one attached hydrogen (secondary N) is 1. The lowest BCUT2D eigenvalue weighted by atomic mass is 9.74. The van der Waals surface area contributed by atoms with Crippen molar-refractivity contribution in [3.63, 3.8) is 0 Å². The molecule has 5 rings (SSSR count). The Morgan fingerprint density at radius 3 is 2.59 bits per heavy atom. The minimum absolute atomic E-state index is 0.0864. The highest BCUT2D eigenvalue weighted by Gasteiger charge is 2.73. The van der Waals surface area contributed by atoms with Crippen molar-refractivity contribution in [2.24, 2.45) is 11.8 Å². The molecule has 11 nitrogen and oxygen atoms in total. The number of likely N-dealkylation sites (tertiary alicyclic amines) is 1. The van der Waals surface area contributed by atoms with E-state index in [4.69, 9.17) is 14.2 Å². The van der Waals surface area contributed by atoms with Crippen molar-refractivity contribution < 1.29 is 38.5 Å². The molecule has 4 aliphatic heterocycles. The van der Waals surface area contributed by atoms with Gasteiger partial charge in [0.15, 0.2) is 0 Å². The zero-order chi connectivity index (χ0) is 31.3. The molecule has 2 fully saturated rings. The van der Waals surface area contributed by atoms with E-state index in [2.05, 4.69) is 5.32 Å². The van der Waals surface area contributed by atoms with Crippen molar-refractivity contribution in [3.05, 3.63) is 60.2 Å². The molecule has 2 saturated heterocycles. The van der Waals surface area contributed by atoms with Gasteiger partial charge in [0.1, 0.15) is 23.7 Å². The number of carbonyl (C=O) groups is 4. The standard InChI is InChI=1S/C33H43N3O8/c1-3-4-17-35-18-10-6-9-14-25(38)34-23(21-42-2)28(22-12-7-5-8-13-22)43-32(41)26-24-15-16-33(44-24)27(26)30(39)36(19-11-20-37)29(33)31(35)40/h5-8,10,12-13,15-16,23-24,26-29,37H,3-4,9,11,14,17-21H2,1-2H3,(H,34,38)/b10-6-/t23-,24+,26-,27-,28-,29+,33-/m1/s1. The number of unbranched alkanes of at least 4 members (excludes halogenated alkanes) is 1. The largest absolute Gasteiger partial charge is 0.455 e. The number of aliphatic hydroxyl groups is 1. The van der Waals surface area contributed by atoms with Crippen LogP contribution in [0.25, 0.3) is 0 Å². The average Bonchev–Trinajstić information content (AvgIpc) is 3.66. The Kier molecular flexibility index (Phi) is 10.2. The summed E-state index contributed by atoms with van der Waals surface area (Å²) in [5.41, 5.74) is -0.667. The molecule has 4 aliphatic rings. The first-order valence-corrected chi connectivity index (χ1v) is 15.6. The first-order chi connectivity index (χ1) is 21.4. The van der Waals surface area contributed by atoms with Crippen LogP contribution in [-0.4, -0.2) is 102 Å². The number of amides is 3. The SMILES string of the molecule is CCCCN1C/C=C\CCC(=O)N[C@H](COC)[C@@H](c2ccccc2)OC(=O)[C@@H]2[C@@H]3C=C[C@]4(O3)[C@H](C1=O)N(CCCO)C(=O)[C@@H]24. The third-order valence-electron chi connectivity index (χ3n) is 8.99. The second-order valence-corrected chi connectivity index (χ2v) is 11.9. The first-order valence-electron chi connectivity index (χ1n) is 15.6. The van der Waals surface area contributed by atoms with Crippen molar-refractivity contribution in [1.29, 1.82) is 0 Å². The van der Waals surface area contributed by atoms with Crippen molar-refractivity contribution in [2.45, 2.75) is 68.9 Å². The summed E-state index contributed by atoms with van der Waals surface area (Å²) in [6, 6.07) is 7.43. The van der Waals surface area contributed by atoms with Crippen LogP contribution in [0.3, 0.4) is 0 Å². The lowest BCUT2D eigenvalue weighted by Crippen LogP contribution is -2.56. The molecule has 4 heterocycles. The highest BCUT2D eigenvalue weighted by molar-refractivity contribution is 5.99. The third kappa shape index (κ3) is 6.05. The van der Waals surface area contributed by atoms with Crippen LogP contribution in [0.4, 0.5) is 0 Å². The van der Waals surface area contributed by atoms with Crippen molar-refractivity contribution in [2.75, 3.05) is 40.0 Å². The summed E-state index contributed by atoms with van der Waals surface area (Å²) < 4.78 is 18.1. The molecule has 238 valence electrons. The number of carbonyl (C=O) groups excluding carboxylic acids is 4. The average molecular weight is 610 g/mol. The van der Waals surface area contributed by atoms with Gasteiger partial charge in [0.2, 0.25) is 17.7 Å². The van der Waals surface area contributed by atoms with Crippen LogP contribution in [0.2, 0.25) is 0 Å². The predicted molar refractivity (Wildman–Crippen MR) is 160 cm³/mol. The van der Waals surface area contributed by atoms with Gasteiger partial charge >= 0.3 is 5.97 Å². The smallest absolute Gasteiger partial charge is 0.313 e. The van der Waals surface area contributed by atoms with Gasteiger partial charge in [-0.25, -0.2) is 0 Å². The van der Waals surface area contributed by atoms with E-state index in [-0.39, 0.29) is 50.3 Å². The summed E-state index contributed by atoms with van der Waals surface area (Å²) in [6.07, 6.45) is 8.20. The highest BCUT2D eigenvalue weighted by atomic mass is 16.6. The Morgan fingerprint density at radius 2 is 1.86 bits per heavy atom. The number of rotatable bonds is 9. The van der Waals surface area contributed by atoms with Crippen LogP contribution in [-0.2, 0) is 33.4 Å². The van der Waals surface area contributed by atoms with E-state index in [1.54, 1.807) is 17.1 Å². The van der Waals surface area contributed by atoms with E-state index in [0.29, 0.717) is 25.1 Å². The maximum absolute atomic E-state index is 14.4. The van der Waals surface area contributed by atoms with Gasteiger partial charge in [0, 0.05) is 39.8 Å². The van der Waals surface area contributed by atoms with Crippen LogP contribution in [0.15, 0.2) is 54.6 Å². The minimum atomic E-state index is -1.33. The molecule has 0 radical (unpaired) electrons. The predicted octanol–water partition coefficient (Wildman–Crippen LogP) is 1.91. The maximum atomic E-state index is 14.4. The number of cyclic esters (lactones) is 1. The van der Waals surface area contributed by atoms with E-state index < -0.39 is 47.7 Å². The molecule has 0 saturated carbocycles. The van der Waals surface area contributed by atoms with E-state index in [1.807, 2.05) is 49.4 Å². The molecule has 7 atom stereocenters. The highest BCUT2D eigenvalue weighted by Crippen LogP contribution is 2.56. The number of methoxy groups -OCH3 is 1. The number of nitrogens with zero attached hydrogens (tertiary/aromatic N) is 2. The Hall–Kier alpha value is -3.54. The number of hydrogen-bond acceptors (Lipinski definition) is 8. The van der Waals surface area contributed by atoms with Crippen LogP contribution in [0, 0.1) is 11.8 Å². The van der Waals surface area contributed by atoms with Crippen LogP contribution < -0.4 is 5.32 Å². The quantitative estimate of drug-likeness (QED) is 0.320. The van der Waals surface area contributed by atoms with Crippen LogP contribution >= 0.6 is 0 Å². The fraction of sp³-hybridized carbons (Fsp3) is 0.576. The topological polar surface area (TPSA) is 135 Å². The maximum Gasteiger partial charge on any atom is 0.313 e. The van der Waals surface area contributed by atoms with Gasteiger partial charge in [-0.05, 0) is 24.8 Å². The molecule has 0 aliphatic carbocycles. The first kappa shape index (κ1) is 31.9. The molecule has 0 unspecified atom stereocenters. The normalized spacial score (nSPS) is 33.0. The summed E-state index contributed by atoms with van der Waals surface area (Å²) in [6.45, 7) is 2.92. The number of ether oxygens (including phenoxy) is 3. The zero-order valence-corrected chi connectivity index (χ0v) is 25.4. The molecule has 0 aromatic heterocycles. The summed E-state index contributed by atoms with van der Waals surface area (Å²) >= 11 is 0. The molecule has 2 N–H and O–H groups in total. The van der Waals surface area contributed by atoms with Crippen molar-refractivity contribution in [1.82, 2.24) is 15.1 Å². The minimum Gasteiger partial charge on any atom is -0.455 e. The zero-order valence-electron chi connectivity index (χ0n) is 25.4. The fourth-order valence-electron chi connectivity index (χ4n) is 6.94. The molecule has 1 aromatic carbocycles. The van der Waals surface area contributed by atoms with Gasteiger partial charge in [-0.3, -0.25) is 19.2 Å². The Bertz CT molecular complexity index is 1270. The monoisotopic (exact) mass is 609 g/mol. The molecule has 1 aromatic rings. The summed E-state index contributed by atoms with van der Waals surface area (Å²) in [4.78, 5) is 58.9. The second-order valence-electron chi connectivity index (χ2n) is 11.9. The second kappa shape index (κ2) is 14.0. The molecule has 11 heteroatoms. The molecule has 5 bridgehead atoms. The molecule has 44 heavy (non-hydrogen) atoms. The van der Waals surface area contributed by atoms with Gasteiger partial charge < -0.3 is 34.4 Å². The summed E-state index contributed by atoms with van der Waals surface area (Å²) in [5.74, 6) is -3.46. The lowest BCUT2D eigenvalue weighted by Gasteiger charge is -2.36. The van der Waals surface area contributed by atoms with Crippen LogP contribution in [0.5, 0.6) is 0 Å². The molecular weight excluding hydrogens is 566 g/mol. The number of hydrogen-bond donors (Lipinski definition) is 2. The van der Waals surface area contributed by atoms with Crippen molar-refractivity contribution >= 4 is 23.7 Å². The Morgan fingerprint density at radius 1 is 1.07 bits per heavy atom. The fourth-order valence-corrected chi connectivity index (χ4v) is 6.94. The molecular formula is C33H43N3O8. The molecule has 3 amide bonds. The van der Waals surface area contributed by atoms with E-state index in [0.717, 1.165) is 12.8 Å². The van der Waals surface area contributed by atoms with E-state index in [1.165, 1.54) is 12.0 Å². The number of aliphatic hydroxyl groups excluding tert-OH is 1. The number of allylic oxidation sites excluding steroid dienone is 1.